The van der Waals surface area contributed by atoms with Gasteiger partial charge in [0.1, 0.15) is 5.69 Å². The van der Waals surface area contributed by atoms with Gasteiger partial charge in [0.05, 0.1) is 19.0 Å². The molecule has 0 aliphatic heterocycles. The van der Waals surface area contributed by atoms with Gasteiger partial charge in [-0.15, -0.1) is 5.10 Å². The molecular weight excluding hydrogens is 256 g/mol. The van der Waals surface area contributed by atoms with Crippen LogP contribution in [-0.4, -0.2) is 14.3 Å². The van der Waals surface area contributed by atoms with E-state index in [4.69, 9.17) is 9.68 Å². The Labute approximate surface area is 114 Å². The quantitative estimate of drug-likeness (QED) is 0.727. The fourth-order valence-corrected chi connectivity index (χ4v) is 2.20. The van der Waals surface area contributed by atoms with Crippen LogP contribution in [0.4, 0.5) is 0 Å². The third-order valence-corrected chi connectivity index (χ3v) is 3.21. The molecule has 3 aromatic rings. The van der Waals surface area contributed by atoms with Crippen molar-refractivity contribution in [3.05, 3.63) is 40.9 Å². The van der Waals surface area contributed by atoms with Crippen molar-refractivity contribution >= 4 is 10.9 Å². The molecule has 0 bridgehead atoms. The molecule has 0 radical (unpaired) electrons. The number of fused-ring (bicyclic) bond motifs is 1. The van der Waals surface area contributed by atoms with E-state index in [1.54, 1.807) is 0 Å². The molecule has 0 saturated heterocycles. The van der Waals surface area contributed by atoms with Gasteiger partial charge in [0.2, 0.25) is 0 Å². The third kappa shape index (κ3) is 1.89. The average molecular weight is 268 g/mol. The van der Waals surface area contributed by atoms with E-state index in [2.05, 4.69) is 5.10 Å². The van der Waals surface area contributed by atoms with Gasteiger partial charge in [-0.05, 0) is 12.1 Å². The highest BCUT2D eigenvalue weighted by atomic mass is 16.4. The second-order valence-electron chi connectivity index (χ2n) is 4.45. The molecule has 0 saturated carbocycles. The molecule has 0 atom stereocenters. The van der Waals surface area contributed by atoms with Crippen LogP contribution >= 0.6 is 0 Å². The lowest BCUT2D eigenvalue weighted by atomic mass is 10.2. The summed E-state index contributed by atoms with van der Waals surface area (Å²) in [5.74, 6) is -0.271. The SMILES string of the molecule is Cn1c(-c2nn(CCC#N)c(=O)o2)cc2ccccc21. The molecule has 0 aliphatic carbocycles. The molecule has 0 N–H and O–H groups in total. The molecule has 0 fully saturated rings. The van der Waals surface area contributed by atoms with Gasteiger partial charge in [-0.1, -0.05) is 18.2 Å². The van der Waals surface area contributed by atoms with Crippen molar-refractivity contribution in [2.75, 3.05) is 0 Å². The molecular formula is C14H12N4O2. The Hall–Kier alpha value is -2.81. The van der Waals surface area contributed by atoms with Gasteiger partial charge in [-0.3, -0.25) is 0 Å². The molecule has 20 heavy (non-hydrogen) atoms. The van der Waals surface area contributed by atoms with Gasteiger partial charge >= 0.3 is 5.76 Å². The number of hydrogen-bond donors (Lipinski definition) is 0. The first-order valence-corrected chi connectivity index (χ1v) is 6.20. The van der Waals surface area contributed by atoms with Crippen LogP contribution < -0.4 is 5.76 Å². The third-order valence-electron chi connectivity index (χ3n) is 3.21. The Morgan fingerprint density at radius 3 is 2.95 bits per heavy atom. The zero-order chi connectivity index (χ0) is 14.1. The first-order valence-electron chi connectivity index (χ1n) is 6.20. The van der Waals surface area contributed by atoms with Crippen molar-refractivity contribution in [2.24, 2.45) is 7.05 Å². The number of benzene rings is 1. The smallest absolute Gasteiger partial charge is 0.386 e. The molecule has 0 amide bonds. The highest BCUT2D eigenvalue weighted by Crippen LogP contribution is 2.25. The van der Waals surface area contributed by atoms with Crippen molar-refractivity contribution in [3.8, 4) is 17.7 Å². The second kappa shape index (κ2) is 4.70. The molecule has 0 spiro atoms. The maximum absolute atomic E-state index is 11.7. The van der Waals surface area contributed by atoms with Crippen LogP contribution in [0.5, 0.6) is 0 Å². The van der Waals surface area contributed by atoms with Crippen molar-refractivity contribution in [2.45, 2.75) is 13.0 Å². The molecule has 1 aromatic carbocycles. The van der Waals surface area contributed by atoms with Gasteiger partial charge in [0.25, 0.3) is 5.89 Å². The first-order chi connectivity index (χ1) is 9.70. The second-order valence-corrected chi connectivity index (χ2v) is 4.45. The number of para-hydroxylation sites is 1. The number of rotatable bonds is 3. The van der Waals surface area contributed by atoms with Crippen LogP contribution in [0, 0.1) is 11.3 Å². The van der Waals surface area contributed by atoms with Gasteiger partial charge in [0.15, 0.2) is 0 Å². The summed E-state index contributed by atoms with van der Waals surface area (Å²) >= 11 is 0. The monoisotopic (exact) mass is 268 g/mol. The molecule has 0 unspecified atom stereocenters. The van der Waals surface area contributed by atoms with E-state index >= 15 is 0 Å². The lowest BCUT2D eigenvalue weighted by Gasteiger charge is -1.98. The van der Waals surface area contributed by atoms with Crippen molar-refractivity contribution < 1.29 is 4.42 Å². The Balaban J connectivity index is 2.10. The number of nitrogens with zero attached hydrogens (tertiary/aromatic N) is 4. The number of aryl methyl sites for hydroxylation is 2. The van der Waals surface area contributed by atoms with Gasteiger partial charge in [0, 0.05) is 18.0 Å². The summed E-state index contributed by atoms with van der Waals surface area (Å²) < 4.78 is 8.28. The largest absolute Gasteiger partial charge is 0.437 e. The Kier molecular flexibility index (Phi) is 2.88. The van der Waals surface area contributed by atoms with Crippen LogP contribution in [0.2, 0.25) is 0 Å². The van der Waals surface area contributed by atoms with Gasteiger partial charge in [-0.2, -0.15) is 9.94 Å². The molecule has 2 heterocycles. The van der Waals surface area contributed by atoms with Gasteiger partial charge in [-0.25, -0.2) is 4.79 Å². The molecule has 6 heteroatoms. The van der Waals surface area contributed by atoms with Crippen molar-refractivity contribution in [3.63, 3.8) is 0 Å². The van der Waals surface area contributed by atoms with E-state index in [-0.39, 0.29) is 18.9 Å². The van der Waals surface area contributed by atoms with Crippen LogP contribution in [0.1, 0.15) is 6.42 Å². The summed E-state index contributed by atoms with van der Waals surface area (Å²) in [5, 5.41) is 13.7. The van der Waals surface area contributed by atoms with E-state index in [1.807, 2.05) is 48.0 Å². The van der Waals surface area contributed by atoms with Crippen LogP contribution in [0.3, 0.4) is 0 Å². The minimum Gasteiger partial charge on any atom is -0.386 e. The fourth-order valence-electron chi connectivity index (χ4n) is 2.20. The highest BCUT2D eigenvalue weighted by molar-refractivity contribution is 5.85. The molecule has 0 aliphatic rings. The van der Waals surface area contributed by atoms with Crippen molar-refractivity contribution in [1.29, 1.82) is 5.26 Å². The summed E-state index contributed by atoms with van der Waals surface area (Å²) in [6.07, 6.45) is 0.223. The van der Waals surface area contributed by atoms with E-state index in [9.17, 15) is 4.79 Å². The zero-order valence-corrected chi connectivity index (χ0v) is 10.9. The standard InChI is InChI=1S/C14H12N4O2/c1-17-11-6-3-2-5-10(11)9-12(17)13-16-18(8-4-7-15)14(19)20-13/h2-3,5-6,9H,4,8H2,1H3. The number of aromatic nitrogens is 3. The van der Waals surface area contributed by atoms with E-state index in [1.165, 1.54) is 4.68 Å². The average Bonchev–Trinajstić information content (AvgIpc) is 2.98. The number of nitriles is 1. The normalized spacial score (nSPS) is 10.8. The summed E-state index contributed by atoms with van der Waals surface area (Å²) in [7, 11) is 1.89. The minimum atomic E-state index is -0.541. The summed E-state index contributed by atoms with van der Waals surface area (Å²) in [4.78, 5) is 11.7. The maximum Gasteiger partial charge on any atom is 0.437 e. The van der Waals surface area contributed by atoms with Crippen molar-refractivity contribution in [1.82, 2.24) is 14.3 Å². The molecule has 100 valence electrons. The summed E-state index contributed by atoms with van der Waals surface area (Å²) in [5.41, 5.74) is 1.77. The van der Waals surface area contributed by atoms with Crippen LogP contribution in [-0.2, 0) is 13.6 Å². The van der Waals surface area contributed by atoms with Crippen LogP contribution in [0.25, 0.3) is 22.5 Å². The Morgan fingerprint density at radius 1 is 1.40 bits per heavy atom. The van der Waals surface area contributed by atoms with Gasteiger partial charge < -0.3 is 8.98 Å². The van der Waals surface area contributed by atoms with E-state index in [0.29, 0.717) is 0 Å². The molecule has 6 nitrogen and oxygen atoms in total. The summed E-state index contributed by atoms with van der Waals surface area (Å²) in [6, 6.07) is 11.8. The molecule has 3 rings (SSSR count). The van der Waals surface area contributed by atoms with E-state index < -0.39 is 5.76 Å². The number of hydrogen-bond acceptors (Lipinski definition) is 4. The lowest BCUT2D eigenvalue weighted by Crippen LogP contribution is -2.15. The highest BCUT2D eigenvalue weighted by Gasteiger charge is 2.15. The maximum atomic E-state index is 11.7. The fraction of sp³-hybridized carbons (Fsp3) is 0.214. The first kappa shape index (κ1) is 12.2. The predicted octanol–water partition coefficient (Wildman–Crippen LogP) is 1.91. The molecule has 2 aromatic heterocycles. The zero-order valence-electron chi connectivity index (χ0n) is 10.9. The van der Waals surface area contributed by atoms with Crippen LogP contribution in [0.15, 0.2) is 39.5 Å². The summed E-state index contributed by atoms with van der Waals surface area (Å²) in [6.45, 7) is 0.239. The topological polar surface area (TPSA) is 76.8 Å². The Morgan fingerprint density at radius 2 is 2.20 bits per heavy atom. The lowest BCUT2D eigenvalue weighted by molar-refractivity contribution is 0.482. The van der Waals surface area contributed by atoms with E-state index in [0.717, 1.165) is 16.6 Å². The minimum absolute atomic E-state index is 0.223. The predicted molar refractivity (Wildman–Crippen MR) is 72.9 cm³/mol. The Bertz CT molecular complexity index is 863.